The summed E-state index contributed by atoms with van der Waals surface area (Å²) in [6.07, 6.45) is 1.26. The lowest BCUT2D eigenvalue weighted by Gasteiger charge is -2.29. The van der Waals surface area contributed by atoms with Crippen LogP contribution in [0.5, 0.6) is 0 Å². The Morgan fingerprint density at radius 2 is 1.55 bits per heavy atom. The Hall–Kier alpha value is -4.36. The Kier molecular flexibility index (Phi) is 8.96. The first-order chi connectivity index (χ1) is 15.7. The molecule has 0 radical (unpaired) electrons. The average Bonchev–Trinajstić information content (AvgIpc) is 2.75. The number of carbonyl (C=O) groups is 4. The van der Waals surface area contributed by atoms with E-state index in [4.69, 9.17) is 22.9 Å². The molecule has 0 aliphatic carbocycles. The number of hydrogen-bond donors (Lipinski definition) is 8. The van der Waals surface area contributed by atoms with Gasteiger partial charge < -0.3 is 38.9 Å². The number of unbranched alkanes of at least 4 members (excludes halogenated alkanes) is 1. The van der Waals surface area contributed by atoms with Crippen molar-refractivity contribution < 1.29 is 19.2 Å². The number of amides is 4. The second kappa shape index (κ2) is 11.9. The standard InChI is InChI=1S/C19H28N10O4/c20-18(21)25-11-6-4-10(5-7-11)15(31)24-8-2-1-3-12-16(32)27-13(17(33)26-12)9-14(30)28-29-19(22)23/h4-7,12-13H,1-3,8-9H2,(H,24,31)(H,26,33)(H,27,32)(H,28,30)(H4,20,21,25)(H4,22,23,29)/t12-,13-/m0/s1. The molecule has 0 spiro atoms. The van der Waals surface area contributed by atoms with Crippen molar-refractivity contribution >= 4 is 41.2 Å². The van der Waals surface area contributed by atoms with Gasteiger partial charge in [-0.3, -0.25) is 19.2 Å². The highest BCUT2D eigenvalue weighted by Gasteiger charge is 2.34. The van der Waals surface area contributed by atoms with Gasteiger partial charge in [0.2, 0.25) is 23.7 Å². The van der Waals surface area contributed by atoms with Crippen LogP contribution in [0.3, 0.4) is 0 Å². The molecule has 33 heavy (non-hydrogen) atoms. The number of nitrogens with two attached hydrogens (primary N) is 4. The minimum Gasteiger partial charge on any atom is -0.370 e. The summed E-state index contributed by atoms with van der Waals surface area (Å²) in [7, 11) is 0. The van der Waals surface area contributed by atoms with Gasteiger partial charge in [-0.2, -0.15) is 0 Å². The van der Waals surface area contributed by atoms with E-state index in [0.29, 0.717) is 37.1 Å². The molecule has 0 saturated carbocycles. The topological polar surface area (TPSA) is 245 Å². The molecule has 2 atom stereocenters. The summed E-state index contributed by atoms with van der Waals surface area (Å²) < 4.78 is 0. The van der Waals surface area contributed by atoms with Gasteiger partial charge in [-0.05, 0) is 43.5 Å². The fourth-order valence-electron chi connectivity index (χ4n) is 2.99. The Morgan fingerprint density at radius 1 is 0.909 bits per heavy atom. The summed E-state index contributed by atoms with van der Waals surface area (Å²) in [6.45, 7) is 0.393. The molecule has 178 valence electrons. The lowest BCUT2D eigenvalue weighted by Crippen LogP contribution is -2.62. The van der Waals surface area contributed by atoms with Crippen LogP contribution in [0.1, 0.15) is 36.0 Å². The van der Waals surface area contributed by atoms with Gasteiger partial charge in [0.15, 0.2) is 5.96 Å². The third-order valence-electron chi connectivity index (χ3n) is 4.56. The fourth-order valence-corrected chi connectivity index (χ4v) is 2.99. The smallest absolute Gasteiger partial charge is 0.251 e. The highest BCUT2D eigenvalue weighted by molar-refractivity contribution is 5.99. The van der Waals surface area contributed by atoms with Crippen LogP contribution in [0.25, 0.3) is 0 Å². The minimum atomic E-state index is -1.01. The SMILES string of the molecule is NC(N)=NNC(=O)C[C@@H]1NC(=O)[C@H](CCCCNC(=O)c2ccc(N=C(N)N)cc2)NC1=O. The molecule has 1 fully saturated rings. The lowest BCUT2D eigenvalue weighted by molar-refractivity contribution is -0.138. The Labute approximate surface area is 189 Å². The van der Waals surface area contributed by atoms with Gasteiger partial charge in [0.25, 0.3) is 5.91 Å². The van der Waals surface area contributed by atoms with E-state index in [1.54, 1.807) is 24.3 Å². The van der Waals surface area contributed by atoms with Crippen LogP contribution in [0.15, 0.2) is 34.4 Å². The van der Waals surface area contributed by atoms with Crippen LogP contribution in [0.2, 0.25) is 0 Å². The van der Waals surface area contributed by atoms with E-state index in [-0.39, 0.29) is 30.2 Å². The van der Waals surface area contributed by atoms with Gasteiger partial charge in [0.1, 0.15) is 12.1 Å². The van der Waals surface area contributed by atoms with E-state index >= 15 is 0 Å². The van der Waals surface area contributed by atoms with Crippen molar-refractivity contribution in [3.05, 3.63) is 29.8 Å². The normalized spacial score (nSPS) is 17.2. The zero-order chi connectivity index (χ0) is 24.4. The number of nitrogens with zero attached hydrogens (tertiary/aromatic N) is 2. The van der Waals surface area contributed by atoms with Crippen molar-refractivity contribution in [1.82, 2.24) is 21.4 Å². The highest BCUT2D eigenvalue weighted by Crippen LogP contribution is 2.13. The first-order valence-electron chi connectivity index (χ1n) is 10.1. The number of benzene rings is 1. The number of hydrazone groups is 1. The summed E-state index contributed by atoms with van der Waals surface area (Å²) in [5.74, 6) is -2.15. The quantitative estimate of drug-likeness (QED) is 0.0780. The third kappa shape index (κ3) is 8.35. The van der Waals surface area contributed by atoms with Gasteiger partial charge in [-0.25, -0.2) is 10.4 Å². The van der Waals surface area contributed by atoms with Crippen molar-refractivity contribution in [2.75, 3.05) is 6.54 Å². The van der Waals surface area contributed by atoms with Gasteiger partial charge in [0, 0.05) is 12.1 Å². The Balaban J connectivity index is 1.69. The van der Waals surface area contributed by atoms with E-state index in [0.717, 1.165) is 0 Å². The molecule has 14 heteroatoms. The Bertz CT molecular complexity index is 936. The van der Waals surface area contributed by atoms with Crippen molar-refractivity contribution in [3.8, 4) is 0 Å². The van der Waals surface area contributed by atoms with Crippen molar-refractivity contribution in [1.29, 1.82) is 0 Å². The summed E-state index contributed by atoms with van der Waals surface area (Å²) in [5, 5.41) is 11.2. The first kappa shape index (κ1) is 24.9. The molecule has 1 aromatic rings. The van der Waals surface area contributed by atoms with E-state index in [2.05, 4.69) is 31.5 Å². The van der Waals surface area contributed by atoms with Gasteiger partial charge in [0.05, 0.1) is 12.1 Å². The fraction of sp³-hybridized carbons (Fsp3) is 0.368. The van der Waals surface area contributed by atoms with Crippen LogP contribution < -0.4 is 44.3 Å². The molecular formula is C19H28N10O4. The first-order valence-corrected chi connectivity index (χ1v) is 10.1. The van der Waals surface area contributed by atoms with Crippen LogP contribution in [0.4, 0.5) is 5.69 Å². The van der Waals surface area contributed by atoms with Gasteiger partial charge in [-0.1, -0.05) is 0 Å². The van der Waals surface area contributed by atoms with E-state index < -0.39 is 23.9 Å². The summed E-state index contributed by atoms with van der Waals surface area (Å²) >= 11 is 0. The van der Waals surface area contributed by atoms with Crippen LogP contribution >= 0.6 is 0 Å². The number of hydrogen-bond acceptors (Lipinski definition) is 6. The third-order valence-corrected chi connectivity index (χ3v) is 4.56. The second-order valence-corrected chi connectivity index (χ2v) is 7.23. The number of guanidine groups is 2. The van der Waals surface area contributed by atoms with Crippen molar-refractivity contribution in [2.45, 2.75) is 37.8 Å². The van der Waals surface area contributed by atoms with Crippen LogP contribution in [-0.2, 0) is 14.4 Å². The molecule has 1 aliphatic heterocycles. The molecule has 1 saturated heterocycles. The van der Waals surface area contributed by atoms with E-state index in [1.807, 2.05) is 0 Å². The molecule has 12 N–H and O–H groups in total. The van der Waals surface area contributed by atoms with E-state index in [1.165, 1.54) is 0 Å². The molecule has 1 aliphatic rings. The van der Waals surface area contributed by atoms with Crippen LogP contribution in [-0.4, -0.2) is 54.2 Å². The molecule has 0 aromatic heterocycles. The monoisotopic (exact) mass is 460 g/mol. The number of rotatable bonds is 10. The number of carbonyl (C=O) groups excluding carboxylic acids is 4. The maximum Gasteiger partial charge on any atom is 0.251 e. The predicted octanol–water partition coefficient (Wildman–Crippen LogP) is -2.83. The molecule has 1 heterocycles. The van der Waals surface area contributed by atoms with Crippen molar-refractivity contribution in [2.24, 2.45) is 33.0 Å². The average molecular weight is 460 g/mol. The molecule has 1 aromatic carbocycles. The predicted molar refractivity (Wildman–Crippen MR) is 121 cm³/mol. The van der Waals surface area contributed by atoms with Gasteiger partial charge >= 0.3 is 0 Å². The number of nitrogens with one attached hydrogen (secondary N) is 4. The molecule has 0 bridgehead atoms. The molecule has 14 nitrogen and oxygen atoms in total. The summed E-state index contributed by atoms with van der Waals surface area (Å²) in [5.41, 5.74) is 23.9. The highest BCUT2D eigenvalue weighted by atomic mass is 16.2. The lowest BCUT2D eigenvalue weighted by atomic mass is 10.0. The molecule has 4 amide bonds. The van der Waals surface area contributed by atoms with E-state index in [9.17, 15) is 19.2 Å². The summed E-state index contributed by atoms with van der Waals surface area (Å²) in [6, 6.07) is 4.72. The number of aliphatic imine (C=N–C) groups is 1. The van der Waals surface area contributed by atoms with Crippen LogP contribution in [0, 0.1) is 0 Å². The second-order valence-electron chi connectivity index (χ2n) is 7.23. The largest absolute Gasteiger partial charge is 0.370 e. The maximum absolute atomic E-state index is 12.2. The summed E-state index contributed by atoms with van der Waals surface area (Å²) in [4.78, 5) is 52.2. The van der Waals surface area contributed by atoms with Crippen molar-refractivity contribution in [3.63, 3.8) is 0 Å². The molecular weight excluding hydrogens is 432 g/mol. The zero-order valence-corrected chi connectivity index (χ0v) is 17.8. The number of piperazine rings is 1. The molecule has 2 rings (SSSR count). The van der Waals surface area contributed by atoms with Gasteiger partial charge in [-0.15, -0.1) is 5.10 Å². The Morgan fingerprint density at radius 3 is 2.18 bits per heavy atom. The maximum atomic E-state index is 12.2. The molecule has 0 unspecified atom stereocenters. The minimum absolute atomic E-state index is 0.0705. The zero-order valence-electron chi connectivity index (χ0n) is 17.8.